The lowest BCUT2D eigenvalue weighted by atomic mass is 10.5. The van der Waals surface area contributed by atoms with Gasteiger partial charge in [0.25, 0.3) is 6.54 Å². The highest BCUT2D eigenvalue weighted by atomic mass is 14.6. The molecule has 8 heavy (non-hydrogen) atoms. The van der Waals surface area contributed by atoms with Crippen LogP contribution in [0, 0.1) is 18.4 Å². The van der Waals surface area contributed by atoms with E-state index in [-0.39, 0.29) is 0 Å². The second-order valence-corrected chi connectivity index (χ2v) is 1.17. The van der Waals surface area contributed by atoms with Crippen molar-refractivity contribution in [3.05, 3.63) is 17.5 Å². The molecule has 0 saturated carbocycles. The number of hydrogen-bond donors (Lipinski definition) is 0. The number of allylic oxidation sites excluding steroid dienone is 1. The molecule has 0 aliphatic heterocycles. The molecule has 1 nitrogen and oxygen atoms in total. The van der Waals surface area contributed by atoms with Gasteiger partial charge in [0.15, 0.2) is 0 Å². The fourth-order valence-corrected chi connectivity index (χ4v) is 0.250. The minimum absolute atomic E-state index is 0.655. The second-order valence-electron chi connectivity index (χ2n) is 1.17. The highest BCUT2D eigenvalue weighted by molar-refractivity contribution is 5.04. The fourth-order valence-electron chi connectivity index (χ4n) is 0.250. The number of terminal acetylenes is 1. The molecule has 0 saturated heterocycles. The van der Waals surface area contributed by atoms with E-state index in [4.69, 9.17) is 6.42 Å². The molecule has 0 bridgehead atoms. The molecule has 40 valence electrons. The maximum atomic E-state index is 4.95. The summed E-state index contributed by atoms with van der Waals surface area (Å²) < 4.78 is 0. The van der Waals surface area contributed by atoms with Crippen molar-refractivity contribution < 1.29 is 0 Å². The Hall–Kier alpha value is -1.21. The lowest BCUT2D eigenvalue weighted by Crippen LogP contribution is -1.68. The van der Waals surface area contributed by atoms with Crippen molar-refractivity contribution in [2.24, 2.45) is 0 Å². The smallest absolute Gasteiger partial charge is 0.120 e. The first-order valence-electron chi connectivity index (χ1n) is 2.38. The SMILES string of the molecule is C#CCC[N+]#CC=C. The molecule has 0 unspecified atom stereocenters. The molecule has 0 aromatic heterocycles. The van der Waals surface area contributed by atoms with E-state index in [1.165, 1.54) is 6.08 Å². The van der Waals surface area contributed by atoms with Crippen LogP contribution in [0.15, 0.2) is 12.7 Å². The first-order valence-corrected chi connectivity index (χ1v) is 2.38. The summed E-state index contributed by atoms with van der Waals surface area (Å²) in [6, 6.07) is 2.58. The molecule has 0 radical (unpaired) electrons. The van der Waals surface area contributed by atoms with E-state index in [9.17, 15) is 0 Å². The van der Waals surface area contributed by atoms with Crippen molar-refractivity contribution >= 4 is 0 Å². The summed E-state index contributed by atoms with van der Waals surface area (Å²) in [5.41, 5.74) is 0. The Kier molecular flexibility index (Phi) is 4.91. The Balaban J connectivity index is 3.18. The molecule has 0 spiro atoms. The molecule has 0 atom stereocenters. The average molecular weight is 106 g/mol. The zero-order chi connectivity index (χ0) is 6.24. The van der Waals surface area contributed by atoms with E-state index in [1.54, 1.807) is 0 Å². The average Bonchev–Trinajstić information content (AvgIpc) is 1.81. The van der Waals surface area contributed by atoms with Gasteiger partial charge in [-0.2, -0.15) is 0 Å². The van der Waals surface area contributed by atoms with Gasteiger partial charge in [-0.1, -0.05) is 17.3 Å². The van der Waals surface area contributed by atoms with Crippen LogP contribution in [0.3, 0.4) is 0 Å². The van der Waals surface area contributed by atoms with Gasteiger partial charge in [-0.15, -0.1) is 6.42 Å². The molecule has 0 aromatic carbocycles. The molecule has 0 aromatic rings. The molecule has 0 heterocycles. The van der Waals surface area contributed by atoms with Crippen LogP contribution in [-0.4, -0.2) is 6.54 Å². The van der Waals surface area contributed by atoms with Crippen molar-refractivity contribution in [2.75, 3.05) is 6.54 Å². The largest absolute Gasteiger partial charge is 0.302 e. The van der Waals surface area contributed by atoms with Gasteiger partial charge in [0.05, 0.1) is 12.5 Å². The number of nitrogens with zero attached hydrogens (tertiary/aromatic N) is 1. The van der Waals surface area contributed by atoms with Crippen LogP contribution in [0.5, 0.6) is 0 Å². The van der Waals surface area contributed by atoms with E-state index in [0.717, 1.165) is 0 Å². The molecule has 0 rings (SSSR count). The maximum absolute atomic E-state index is 4.95. The maximum Gasteiger partial charge on any atom is 0.302 e. The monoisotopic (exact) mass is 106 g/mol. The van der Waals surface area contributed by atoms with Crippen LogP contribution in [0.25, 0.3) is 4.85 Å². The summed E-state index contributed by atoms with van der Waals surface area (Å²) >= 11 is 0. The van der Waals surface area contributed by atoms with E-state index in [0.29, 0.717) is 13.0 Å². The Morgan fingerprint density at radius 3 is 3.00 bits per heavy atom. The zero-order valence-electron chi connectivity index (χ0n) is 4.72. The van der Waals surface area contributed by atoms with Crippen LogP contribution >= 0.6 is 0 Å². The summed E-state index contributed by atoms with van der Waals surface area (Å²) in [6.45, 7) is 4.06. The van der Waals surface area contributed by atoms with Gasteiger partial charge in [-0.3, -0.25) is 0 Å². The van der Waals surface area contributed by atoms with E-state index in [2.05, 4.69) is 23.4 Å². The van der Waals surface area contributed by atoms with Gasteiger partial charge >= 0.3 is 6.07 Å². The van der Waals surface area contributed by atoms with Gasteiger partial charge in [-0.05, 0) is 0 Å². The van der Waals surface area contributed by atoms with Crippen LogP contribution < -0.4 is 0 Å². The minimum Gasteiger partial charge on any atom is -0.120 e. The van der Waals surface area contributed by atoms with Crippen molar-refractivity contribution in [3.63, 3.8) is 0 Å². The van der Waals surface area contributed by atoms with Crippen molar-refractivity contribution in [3.8, 4) is 18.4 Å². The molecular weight excluding hydrogens is 98.1 g/mol. The van der Waals surface area contributed by atoms with Gasteiger partial charge < -0.3 is 0 Å². The first-order chi connectivity index (χ1) is 3.91. The predicted molar refractivity (Wildman–Crippen MR) is 35.8 cm³/mol. The van der Waals surface area contributed by atoms with Crippen molar-refractivity contribution in [1.29, 1.82) is 0 Å². The van der Waals surface area contributed by atoms with Crippen LogP contribution in [0.1, 0.15) is 6.42 Å². The Bertz CT molecular complexity index is 151. The molecule has 0 N–H and O–H groups in total. The van der Waals surface area contributed by atoms with Gasteiger partial charge in [0.2, 0.25) is 0 Å². The molecule has 0 aliphatic carbocycles. The molecule has 0 amide bonds. The summed E-state index contributed by atoms with van der Waals surface area (Å²) in [5.74, 6) is 2.46. The highest BCUT2D eigenvalue weighted by Gasteiger charge is 1.82. The Morgan fingerprint density at radius 1 is 1.75 bits per heavy atom. The van der Waals surface area contributed by atoms with E-state index >= 15 is 0 Å². The lowest BCUT2D eigenvalue weighted by Gasteiger charge is -1.61. The van der Waals surface area contributed by atoms with E-state index in [1.807, 2.05) is 0 Å². The highest BCUT2D eigenvalue weighted by Crippen LogP contribution is 1.75. The topological polar surface area (TPSA) is 4.36 Å². The van der Waals surface area contributed by atoms with Crippen LogP contribution in [0.2, 0.25) is 0 Å². The summed E-state index contributed by atoms with van der Waals surface area (Å²) in [5, 5.41) is 0. The van der Waals surface area contributed by atoms with Crippen LogP contribution in [-0.2, 0) is 0 Å². The normalized spacial score (nSPS) is 5.88. The molecule has 0 aliphatic rings. The first kappa shape index (κ1) is 6.79. The third kappa shape index (κ3) is 4.79. The zero-order valence-corrected chi connectivity index (χ0v) is 4.72. The molecular formula is C7H8N+. The van der Waals surface area contributed by atoms with Crippen LogP contribution in [0.4, 0.5) is 0 Å². The Morgan fingerprint density at radius 2 is 2.50 bits per heavy atom. The standard InChI is InChI=1S/C7H8N/c1-3-5-7-8-6-4-2/h1,4H,2,5,7H2/q+1. The molecule has 1 heteroatoms. The Labute approximate surface area is 49.8 Å². The van der Waals surface area contributed by atoms with Gasteiger partial charge in [0, 0.05) is 0 Å². The van der Waals surface area contributed by atoms with Gasteiger partial charge in [-0.25, -0.2) is 0 Å². The van der Waals surface area contributed by atoms with Crippen molar-refractivity contribution in [2.45, 2.75) is 6.42 Å². The number of hydrogen-bond acceptors (Lipinski definition) is 0. The predicted octanol–water partition coefficient (Wildman–Crippen LogP) is 1.53. The third-order valence-electron chi connectivity index (χ3n) is 0.551. The third-order valence-corrected chi connectivity index (χ3v) is 0.551. The summed E-state index contributed by atoms with van der Waals surface area (Å²) in [7, 11) is 0. The summed E-state index contributed by atoms with van der Waals surface area (Å²) in [4.78, 5) is 3.77. The quantitative estimate of drug-likeness (QED) is 0.271. The van der Waals surface area contributed by atoms with Crippen molar-refractivity contribution in [1.82, 2.24) is 0 Å². The summed E-state index contributed by atoms with van der Waals surface area (Å²) in [6.07, 6.45) is 7.14. The molecule has 0 fully saturated rings. The fraction of sp³-hybridized carbons (Fsp3) is 0.286. The van der Waals surface area contributed by atoms with E-state index < -0.39 is 0 Å². The second kappa shape index (κ2) is 5.79. The minimum atomic E-state index is 0.655. The lowest BCUT2D eigenvalue weighted by molar-refractivity contribution is 1.19. The number of rotatable bonds is 1. The van der Waals surface area contributed by atoms with Gasteiger partial charge in [0.1, 0.15) is 0 Å².